The molecule has 3 nitrogen and oxygen atoms in total. The molecule has 1 amide bonds. The van der Waals surface area contributed by atoms with E-state index in [4.69, 9.17) is 0 Å². The van der Waals surface area contributed by atoms with Gasteiger partial charge in [0.25, 0.3) is 0 Å². The van der Waals surface area contributed by atoms with E-state index in [1.807, 2.05) is 0 Å². The first-order valence-electron chi connectivity index (χ1n) is 7.73. The fourth-order valence-electron chi connectivity index (χ4n) is 3.31. The second-order valence-electron chi connectivity index (χ2n) is 6.46. The minimum Gasteiger partial charge on any atom is -0.354 e. The number of amides is 1. The predicted octanol–water partition coefficient (Wildman–Crippen LogP) is 2.85. The van der Waals surface area contributed by atoms with Crippen LogP contribution in [0, 0.1) is 11.3 Å². The van der Waals surface area contributed by atoms with Crippen LogP contribution < -0.4 is 10.6 Å². The lowest BCUT2D eigenvalue weighted by molar-refractivity contribution is -0.123. The summed E-state index contributed by atoms with van der Waals surface area (Å²) in [6.45, 7) is 6.08. The molecular formula is C17H25ClN2O. The molecule has 1 aromatic carbocycles. The van der Waals surface area contributed by atoms with Gasteiger partial charge in [-0.15, -0.1) is 12.4 Å². The number of hydrogen-bond donors (Lipinski definition) is 2. The van der Waals surface area contributed by atoms with Crippen LogP contribution in [-0.2, 0) is 11.2 Å². The minimum absolute atomic E-state index is 0. The first-order valence-corrected chi connectivity index (χ1v) is 7.73. The molecule has 21 heavy (non-hydrogen) atoms. The normalized spacial score (nSPS) is 30.0. The lowest BCUT2D eigenvalue weighted by Gasteiger charge is -2.27. The van der Waals surface area contributed by atoms with Crippen molar-refractivity contribution in [3.05, 3.63) is 35.4 Å². The third kappa shape index (κ3) is 3.24. The van der Waals surface area contributed by atoms with Crippen LogP contribution in [0.5, 0.6) is 0 Å². The van der Waals surface area contributed by atoms with Crippen molar-refractivity contribution in [1.82, 2.24) is 10.6 Å². The summed E-state index contributed by atoms with van der Waals surface area (Å²) in [4.78, 5) is 12.2. The highest BCUT2D eigenvalue weighted by atomic mass is 35.5. The summed E-state index contributed by atoms with van der Waals surface area (Å²) >= 11 is 0. The van der Waals surface area contributed by atoms with Crippen molar-refractivity contribution in [3.63, 3.8) is 0 Å². The highest BCUT2D eigenvalue weighted by molar-refractivity contribution is 5.85. The van der Waals surface area contributed by atoms with Crippen LogP contribution in [0.3, 0.4) is 0 Å². The lowest BCUT2D eigenvalue weighted by Crippen LogP contribution is -2.39. The molecule has 0 bridgehead atoms. The van der Waals surface area contributed by atoms with Crippen molar-refractivity contribution in [1.29, 1.82) is 0 Å². The molecule has 1 heterocycles. The number of fused-ring (bicyclic) bond motifs is 1. The Hall–Kier alpha value is -1.06. The standard InChI is InChI=1S/C17H24N2O.ClH/c1-3-17(2)10-14(17)16(20)19-11-15-13-7-5-4-6-12(13)8-9-18-15;/h4-7,14-15,18H,3,8-11H2,1-2H3,(H,19,20);1H. The SMILES string of the molecule is CCC1(C)CC1C(=O)NCC1NCCc2ccccc21.Cl. The highest BCUT2D eigenvalue weighted by Crippen LogP contribution is 2.54. The smallest absolute Gasteiger partial charge is 0.223 e. The third-order valence-electron chi connectivity index (χ3n) is 5.17. The van der Waals surface area contributed by atoms with Gasteiger partial charge in [-0.3, -0.25) is 4.79 Å². The molecule has 1 fully saturated rings. The summed E-state index contributed by atoms with van der Waals surface area (Å²) in [6, 6.07) is 8.80. The third-order valence-corrected chi connectivity index (χ3v) is 5.17. The quantitative estimate of drug-likeness (QED) is 0.898. The van der Waals surface area contributed by atoms with Gasteiger partial charge in [0.2, 0.25) is 5.91 Å². The summed E-state index contributed by atoms with van der Waals surface area (Å²) in [6.07, 6.45) is 3.22. The van der Waals surface area contributed by atoms with Gasteiger partial charge in [-0.25, -0.2) is 0 Å². The zero-order chi connectivity index (χ0) is 14.2. The van der Waals surface area contributed by atoms with Crippen molar-refractivity contribution in [2.24, 2.45) is 11.3 Å². The van der Waals surface area contributed by atoms with Gasteiger partial charge in [-0.1, -0.05) is 38.1 Å². The summed E-state index contributed by atoms with van der Waals surface area (Å²) in [5.41, 5.74) is 3.01. The van der Waals surface area contributed by atoms with E-state index in [1.165, 1.54) is 11.1 Å². The van der Waals surface area contributed by atoms with Crippen LogP contribution >= 0.6 is 12.4 Å². The number of carbonyl (C=O) groups is 1. The Morgan fingerprint density at radius 1 is 1.43 bits per heavy atom. The van der Waals surface area contributed by atoms with Crippen molar-refractivity contribution in [3.8, 4) is 0 Å². The number of rotatable bonds is 4. The van der Waals surface area contributed by atoms with E-state index >= 15 is 0 Å². The van der Waals surface area contributed by atoms with Gasteiger partial charge in [-0.05, 0) is 42.3 Å². The summed E-state index contributed by atoms with van der Waals surface area (Å²) < 4.78 is 0. The maximum atomic E-state index is 12.2. The molecular weight excluding hydrogens is 284 g/mol. The molecule has 3 rings (SSSR count). The lowest BCUT2D eigenvalue weighted by atomic mass is 9.94. The van der Waals surface area contributed by atoms with E-state index in [9.17, 15) is 4.79 Å². The van der Waals surface area contributed by atoms with Crippen molar-refractivity contribution >= 4 is 18.3 Å². The molecule has 2 aliphatic rings. The topological polar surface area (TPSA) is 41.1 Å². The van der Waals surface area contributed by atoms with E-state index < -0.39 is 0 Å². The maximum absolute atomic E-state index is 12.2. The van der Waals surface area contributed by atoms with E-state index in [0.717, 1.165) is 25.8 Å². The molecule has 1 saturated carbocycles. The largest absolute Gasteiger partial charge is 0.354 e. The Morgan fingerprint density at radius 2 is 2.19 bits per heavy atom. The first-order chi connectivity index (χ1) is 9.64. The van der Waals surface area contributed by atoms with E-state index in [0.29, 0.717) is 6.54 Å². The number of halogens is 1. The molecule has 0 saturated heterocycles. The van der Waals surface area contributed by atoms with Gasteiger partial charge in [0, 0.05) is 18.5 Å². The zero-order valence-electron chi connectivity index (χ0n) is 12.8. The van der Waals surface area contributed by atoms with E-state index in [-0.39, 0.29) is 35.7 Å². The molecule has 0 spiro atoms. The maximum Gasteiger partial charge on any atom is 0.223 e. The summed E-state index contributed by atoms with van der Waals surface area (Å²) in [5, 5.41) is 6.65. The van der Waals surface area contributed by atoms with E-state index in [1.54, 1.807) is 0 Å². The Bertz CT molecular complexity index is 519. The molecule has 3 atom stereocenters. The van der Waals surface area contributed by atoms with Crippen molar-refractivity contribution in [2.75, 3.05) is 13.1 Å². The molecule has 1 aromatic rings. The van der Waals surface area contributed by atoms with Crippen LogP contribution in [0.15, 0.2) is 24.3 Å². The van der Waals surface area contributed by atoms with Crippen LogP contribution in [0.2, 0.25) is 0 Å². The highest BCUT2D eigenvalue weighted by Gasteiger charge is 2.52. The molecule has 0 radical (unpaired) electrons. The Balaban J connectivity index is 0.00000161. The first kappa shape index (κ1) is 16.3. The molecule has 1 aliphatic carbocycles. The molecule has 2 N–H and O–H groups in total. The molecule has 116 valence electrons. The Morgan fingerprint density at radius 3 is 2.90 bits per heavy atom. The Labute approximate surface area is 133 Å². The van der Waals surface area contributed by atoms with Gasteiger partial charge in [0.15, 0.2) is 0 Å². The average Bonchev–Trinajstić information content (AvgIpc) is 3.18. The average molecular weight is 309 g/mol. The van der Waals surface area contributed by atoms with Crippen LogP contribution in [-0.4, -0.2) is 19.0 Å². The monoisotopic (exact) mass is 308 g/mol. The fraction of sp³-hybridized carbons (Fsp3) is 0.588. The summed E-state index contributed by atoms with van der Waals surface area (Å²) in [5.74, 6) is 0.463. The second kappa shape index (κ2) is 6.37. The van der Waals surface area contributed by atoms with Crippen molar-refractivity contribution in [2.45, 2.75) is 39.2 Å². The van der Waals surface area contributed by atoms with Crippen LogP contribution in [0.1, 0.15) is 43.9 Å². The predicted molar refractivity (Wildman–Crippen MR) is 87.7 cm³/mol. The molecule has 3 unspecified atom stereocenters. The molecule has 0 aromatic heterocycles. The fourth-order valence-corrected chi connectivity index (χ4v) is 3.31. The van der Waals surface area contributed by atoms with E-state index in [2.05, 4.69) is 48.7 Å². The van der Waals surface area contributed by atoms with Gasteiger partial charge < -0.3 is 10.6 Å². The number of benzene rings is 1. The number of hydrogen-bond acceptors (Lipinski definition) is 2. The molecule has 1 aliphatic heterocycles. The van der Waals surface area contributed by atoms with Crippen LogP contribution in [0.25, 0.3) is 0 Å². The van der Waals surface area contributed by atoms with Gasteiger partial charge >= 0.3 is 0 Å². The van der Waals surface area contributed by atoms with Gasteiger partial charge in [0.1, 0.15) is 0 Å². The number of nitrogens with one attached hydrogen (secondary N) is 2. The minimum atomic E-state index is 0. The van der Waals surface area contributed by atoms with Gasteiger partial charge in [0.05, 0.1) is 0 Å². The second-order valence-corrected chi connectivity index (χ2v) is 6.46. The number of carbonyl (C=O) groups excluding carboxylic acids is 1. The Kier molecular flexibility index (Phi) is 4.95. The summed E-state index contributed by atoms with van der Waals surface area (Å²) in [7, 11) is 0. The van der Waals surface area contributed by atoms with Crippen molar-refractivity contribution < 1.29 is 4.79 Å². The molecule has 4 heteroatoms. The van der Waals surface area contributed by atoms with Gasteiger partial charge in [-0.2, -0.15) is 0 Å². The zero-order valence-corrected chi connectivity index (χ0v) is 13.6. The van der Waals surface area contributed by atoms with Crippen LogP contribution in [0.4, 0.5) is 0 Å².